The molecular weight excluding hydrogens is 318 g/mol. The third-order valence-corrected chi connectivity index (χ3v) is 4.77. The number of rotatable bonds is 5. The fraction of sp³-hybridized carbons (Fsp3) is 0.562. The van der Waals surface area contributed by atoms with Gasteiger partial charge in [-0.25, -0.2) is 0 Å². The highest BCUT2D eigenvalue weighted by atomic mass is 35.5. The van der Waals surface area contributed by atoms with E-state index >= 15 is 0 Å². The Morgan fingerprint density at radius 3 is 2.30 bits per heavy atom. The maximum atomic E-state index is 11.3. The van der Waals surface area contributed by atoms with Gasteiger partial charge < -0.3 is 19.2 Å². The number of carboxylic acids is 1. The summed E-state index contributed by atoms with van der Waals surface area (Å²) in [6, 6.07) is 5.17. The number of ether oxygens (including phenoxy) is 1. The molecule has 5 nitrogen and oxygen atoms in total. The van der Waals surface area contributed by atoms with E-state index in [1.54, 1.807) is 18.2 Å². The number of carboxylic acid groups (broad SMARTS) is 1. The molecule has 0 radical (unpaired) electrons. The fourth-order valence-corrected chi connectivity index (χ4v) is 2.76. The quantitative estimate of drug-likeness (QED) is 0.831. The van der Waals surface area contributed by atoms with E-state index in [1.807, 2.05) is 27.7 Å². The molecule has 1 aromatic rings. The van der Waals surface area contributed by atoms with Crippen LogP contribution in [-0.2, 0) is 14.1 Å². The molecule has 0 aliphatic carbocycles. The molecule has 1 atom stereocenters. The molecule has 23 heavy (non-hydrogen) atoms. The van der Waals surface area contributed by atoms with Gasteiger partial charge in [0.1, 0.15) is 5.75 Å². The lowest BCUT2D eigenvalue weighted by Gasteiger charge is -2.32. The Bertz CT molecular complexity index is 586. The van der Waals surface area contributed by atoms with Crippen molar-refractivity contribution in [2.75, 3.05) is 7.11 Å². The Kier molecular flexibility index (Phi) is 4.99. The molecule has 0 aromatic heterocycles. The van der Waals surface area contributed by atoms with E-state index in [0.717, 1.165) is 5.56 Å². The number of hydrogen-bond donors (Lipinski definition) is 1. The summed E-state index contributed by atoms with van der Waals surface area (Å²) < 4.78 is 17.3. The van der Waals surface area contributed by atoms with Gasteiger partial charge in [0.2, 0.25) is 0 Å². The molecule has 1 saturated heterocycles. The summed E-state index contributed by atoms with van der Waals surface area (Å²) in [7, 11) is 0.871. The second-order valence-corrected chi connectivity index (χ2v) is 7.19. The Morgan fingerprint density at radius 2 is 1.83 bits per heavy atom. The van der Waals surface area contributed by atoms with Crippen LogP contribution >= 0.6 is 11.6 Å². The number of carbonyl (C=O) groups is 1. The highest BCUT2D eigenvalue weighted by molar-refractivity contribution is 6.48. The van der Waals surface area contributed by atoms with Crippen LogP contribution in [0.25, 0.3) is 0 Å². The minimum Gasteiger partial charge on any atom is -0.497 e. The molecule has 1 N–H and O–H groups in total. The lowest BCUT2D eigenvalue weighted by molar-refractivity contribution is -0.137. The van der Waals surface area contributed by atoms with Crippen LogP contribution in [-0.4, -0.2) is 36.5 Å². The maximum Gasteiger partial charge on any atom is 0.466 e. The first-order valence-corrected chi connectivity index (χ1v) is 7.85. The number of methoxy groups -OCH3 is 1. The van der Waals surface area contributed by atoms with E-state index in [4.69, 9.17) is 25.6 Å². The summed E-state index contributed by atoms with van der Waals surface area (Å²) in [6.45, 7) is 7.74. The van der Waals surface area contributed by atoms with Gasteiger partial charge in [0, 0.05) is 10.8 Å². The molecule has 0 saturated carbocycles. The molecule has 0 amide bonds. The highest BCUT2D eigenvalue weighted by Crippen LogP contribution is 2.42. The first-order valence-electron chi connectivity index (χ1n) is 7.47. The van der Waals surface area contributed by atoms with Crippen molar-refractivity contribution in [1.29, 1.82) is 0 Å². The molecule has 7 heteroatoms. The van der Waals surface area contributed by atoms with E-state index in [9.17, 15) is 9.90 Å². The smallest absolute Gasteiger partial charge is 0.466 e. The zero-order chi connectivity index (χ0) is 17.4. The number of halogens is 1. The van der Waals surface area contributed by atoms with Crippen molar-refractivity contribution in [3.05, 3.63) is 28.8 Å². The molecule has 126 valence electrons. The summed E-state index contributed by atoms with van der Waals surface area (Å²) in [5.74, 6) is -0.843. The van der Waals surface area contributed by atoms with Gasteiger partial charge in [-0.3, -0.25) is 4.79 Å². The SMILES string of the molecule is COc1cc(Cl)cc(C(CC(=O)O)B2OC(C)(C)C(C)(C)O2)c1. The molecule has 1 aromatic carbocycles. The van der Waals surface area contributed by atoms with Crippen molar-refractivity contribution in [2.24, 2.45) is 0 Å². The average Bonchev–Trinajstić information content (AvgIpc) is 2.63. The summed E-state index contributed by atoms with van der Waals surface area (Å²) in [5.41, 5.74) is -0.344. The van der Waals surface area contributed by atoms with Gasteiger partial charge in [-0.15, -0.1) is 0 Å². The largest absolute Gasteiger partial charge is 0.497 e. The molecule has 1 fully saturated rings. The van der Waals surface area contributed by atoms with Crippen LogP contribution in [0.15, 0.2) is 18.2 Å². The Balaban J connectivity index is 2.39. The van der Waals surface area contributed by atoms with Crippen molar-refractivity contribution in [2.45, 2.75) is 51.1 Å². The second-order valence-electron chi connectivity index (χ2n) is 6.75. The van der Waals surface area contributed by atoms with Gasteiger partial charge in [-0.05, 0) is 51.5 Å². The molecule has 0 bridgehead atoms. The van der Waals surface area contributed by atoms with Crippen LogP contribution < -0.4 is 4.74 Å². The second kappa shape index (κ2) is 6.34. The van der Waals surface area contributed by atoms with Crippen molar-refractivity contribution in [3.63, 3.8) is 0 Å². The first-order chi connectivity index (χ1) is 10.6. The van der Waals surface area contributed by atoms with Crippen LogP contribution in [0.1, 0.15) is 45.5 Å². The van der Waals surface area contributed by atoms with Crippen molar-refractivity contribution >= 4 is 24.7 Å². The zero-order valence-electron chi connectivity index (χ0n) is 14.1. The summed E-state index contributed by atoms with van der Waals surface area (Å²) >= 11 is 6.12. The topological polar surface area (TPSA) is 65.0 Å². The van der Waals surface area contributed by atoms with Crippen LogP contribution in [0.5, 0.6) is 5.75 Å². The van der Waals surface area contributed by atoms with Gasteiger partial charge in [-0.1, -0.05) is 11.6 Å². The standard InChI is InChI=1S/C16H22BClO5/c1-15(2)16(3,4)23-17(22-15)13(9-14(19)20)10-6-11(18)8-12(7-10)21-5/h6-8,13H,9H2,1-5H3,(H,19,20). The lowest BCUT2D eigenvalue weighted by atomic mass is 9.66. The Hall–Kier alpha value is -1.24. The van der Waals surface area contributed by atoms with Crippen LogP contribution in [0, 0.1) is 0 Å². The van der Waals surface area contributed by atoms with E-state index in [-0.39, 0.29) is 6.42 Å². The molecule has 2 rings (SSSR count). The summed E-state index contributed by atoms with van der Waals surface area (Å²) in [4.78, 5) is 11.3. The molecule has 1 aliphatic rings. The predicted octanol–water partition coefficient (Wildman–Crippen LogP) is 3.54. The number of benzene rings is 1. The summed E-state index contributed by atoms with van der Waals surface area (Å²) in [6.07, 6.45) is -0.125. The average molecular weight is 341 g/mol. The number of aliphatic carboxylic acids is 1. The molecule has 1 heterocycles. The lowest BCUT2D eigenvalue weighted by Crippen LogP contribution is -2.41. The van der Waals surface area contributed by atoms with Crippen LogP contribution in [0.2, 0.25) is 5.02 Å². The van der Waals surface area contributed by atoms with Crippen molar-refractivity contribution in [1.82, 2.24) is 0 Å². The van der Waals surface area contributed by atoms with Crippen molar-refractivity contribution < 1.29 is 23.9 Å². The predicted molar refractivity (Wildman–Crippen MR) is 89.1 cm³/mol. The minimum absolute atomic E-state index is 0.125. The van der Waals surface area contributed by atoms with E-state index in [1.165, 1.54) is 7.11 Å². The minimum atomic E-state index is -0.927. The molecule has 1 unspecified atom stereocenters. The third-order valence-electron chi connectivity index (χ3n) is 4.55. The van der Waals surface area contributed by atoms with E-state index < -0.39 is 30.1 Å². The van der Waals surface area contributed by atoms with Gasteiger partial charge in [0.05, 0.1) is 24.7 Å². The number of hydrogen-bond acceptors (Lipinski definition) is 4. The van der Waals surface area contributed by atoms with E-state index in [0.29, 0.717) is 10.8 Å². The molecule has 0 spiro atoms. The molecule has 1 aliphatic heterocycles. The normalized spacial score (nSPS) is 20.3. The van der Waals surface area contributed by atoms with Gasteiger partial charge in [-0.2, -0.15) is 0 Å². The van der Waals surface area contributed by atoms with Crippen molar-refractivity contribution in [3.8, 4) is 5.75 Å². The van der Waals surface area contributed by atoms with E-state index in [2.05, 4.69) is 0 Å². The highest BCUT2D eigenvalue weighted by Gasteiger charge is 2.54. The summed E-state index contributed by atoms with van der Waals surface area (Å²) in [5, 5.41) is 9.76. The Morgan fingerprint density at radius 1 is 1.26 bits per heavy atom. The van der Waals surface area contributed by atoms with Gasteiger partial charge in [0.25, 0.3) is 0 Å². The first kappa shape index (κ1) is 18.1. The molecular formula is C16H22BClO5. The zero-order valence-corrected chi connectivity index (χ0v) is 14.8. The van der Waals surface area contributed by atoms with Crippen LogP contribution in [0.3, 0.4) is 0 Å². The maximum absolute atomic E-state index is 11.3. The monoisotopic (exact) mass is 340 g/mol. The van der Waals surface area contributed by atoms with Gasteiger partial charge >= 0.3 is 13.1 Å². The Labute approximate surface area is 142 Å². The third kappa shape index (κ3) is 3.82. The van der Waals surface area contributed by atoms with Crippen LogP contribution in [0.4, 0.5) is 0 Å². The van der Waals surface area contributed by atoms with Gasteiger partial charge in [0.15, 0.2) is 0 Å². The fourth-order valence-electron chi connectivity index (χ4n) is 2.53.